The number of benzene rings is 2. The first-order chi connectivity index (χ1) is 11.7. The Bertz CT molecular complexity index is 988. The highest BCUT2D eigenvalue weighted by Gasteiger charge is 2.34. The van der Waals surface area contributed by atoms with Gasteiger partial charge >= 0.3 is 0 Å². The highest BCUT2D eigenvalue weighted by molar-refractivity contribution is 8.13. The number of nitrogens with one attached hydrogen (secondary N) is 1. The zero-order chi connectivity index (χ0) is 16.7. The van der Waals surface area contributed by atoms with E-state index < -0.39 is 6.17 Å². The van der Waals surface area contributed by atoms with Crippen molar-refractivity contribution in [1.82, 2.24) is 10.3 Å². The van der Waals surface area contributed by atoms with Crippen molar-refractivity contribution in [3.8, 4) is 0 Å². The Morgan fingerprint density at radius 2 is 2.04 bits per heavy atom. The van der Waals surface area contributed by atoms with Gasteiger partial charge in [-0.1, -0.05) is 42.1 Å². The number of carbonyl (C=O) groups excluding carboxylic acids is 1. The van der Waals surface area contributed by atoms with Gasteiger partial charge in [0.05, 0.1) is 5.36 Å². The first-order valence-electron chi connectivity index (χ1n) is 7.33. The lowest BCUT2D eigenvalue weighted by molar-refractivity contribution is -0.116. The number of fused-ring (bicyclic) bond motifs is 2. The van der Waals surface area contributed by atoms with Gasteiger partial charge in [0.15, 0.2) is 11.3 Å². The van der Waals surface area contributed by atoms with Gasteiger partial charge in [0.25, 0.3) is 5.91 Å². The summed E-state index contributed by atoms with van der Waals surface area (Å²) in [6.45, 7) is 0. The van der Waals surface area contributed by atoms with Crippen LogP contribution in [0.3, 0.4) is 0 Å². The molecule has 2 aromatic rings. The highest BCUT2D eigenvalue weighted by Crippen LogP contribution is 2.30. The summed E-state index contributed by atoms with van der Waals surface area (Å²) >= 11 is 1.33. The van der Waals surface area contributed by atoms with Crippen LogP contribution in [0, 0.1) is 5.82 Å². The van der Waals surface area contributed by atoms with Crippen molar-refractivity contribution in [2.75, 3.05) is 6.26 Å². The molecule has 0 radical (unpaired) electrons. The minimum absolute atomic E-state index is 0.238. The van der Waals surface area contributed by atoms with Crippen LogP contribution in [0.4, 0.5) is 4.39 Å². The van der Waals surface area contributed by atoms with E-state index in [0.29, 0.717) is 27.0 Å². The fraction of sp³-hybridized carbons (Fsp3) is 0.118. The number of hydrogen-bond donors (Lipinski definition) is 1. The summed E-state index contributed by atoms with van der Waals surface area (Å²) in [4.78, 5) is 17.3. The van der Waals surface area contributed by atoms with Gasteiger partial charge in [0.1, 0.15) is 11.5 Å². The third kappa shape index (κ3) is 2.37. The predicted octanol–water partition coefficient (Wildman–Crippen LogP) is 1.33. The lowest BCUT2D eigenvalue weighted by atomic mass is 10.1. The minimum atomic E-state index is -0.584. The molecule has 1 N–H and O–H groups in total. The van der Waals surface area contributed by atoms with Gasteiger partial charge in [0.2, 0.25) is 0 Å². The monoisotopic (exact) mass is 340 g/mol. The van der Waals surface area contributed by atoms with E-state index in [9.17, 15) is 9.18 Å². The third-order valence-electron chi connectivity index (χ3n) is 3.86. The topological polar surface area (TPSA) is 57.1 Å². The Labute approximate surface area is 141 Å². The van der Waals surface area contributed by atoms with E-state index in [1.807, 2.05) is 30.5 Å². The van der Waals surface area contributed by atoms with Crippen LogP contribution >= 0.6 is 11.8 Å². The van der Waals surface area contributed by atoms with Gasteiger partial charge in [-0.15, -0.1) is 5.10 Å². The Morgan fingerprint density at radius 1 is 1.21 bits per heavy atom. The molecule has 4 rings (SSSR count). The van der Waals surface area contributed by atoms with Crippen LogP contribution in [0.15, 0.2) is 58.6 Å². The largest absolute Gasteiger partial charge is 0.298 e. The molecule has 0 saturated heterocycles. The molecule has 7 heteroatoms. The summed E-state index contributed by atoms with van der Waals surface area (Å²) in [6, 6.07) is 13.6. The number of amides is 1. The van der Waals surface area contributed by atoms with Crippen molar-refractivity contribution in [2.24, 2.45) is 10.1 Å². The van der Waals surface area contributed by atoms with E-state index in [2.05, 4.69) is 15.4 Å². The molecule has 0 unspecified atom stereocenters. The molecular weight excluding hydrogens is 327 g/mol. The maximum Gasteiger partial charge on any atom is 0.276 e. The van der Waals surface area contributed by atoms with E-state index in [0.717, 1.165) is 0 Å². The molecule has 0 fully saturated rings. The van der Waals surface area contributed by atoms with Gasteiger partial charge in [-0.25, -0.2) is 9.40 Å². The predicted molar refractivity (Wildman–Crippen MR) is 90.7 cm³/mol. The van der Waals surface area contributed by atoms with E-state index in [1.54, 1.807) is 17.1 Å². The van der Waals surface area contributed by atoms with E-state index >= 15 is 0 Å². The molecule has 2 heterocycles. The maximum atomic E-state index is 13.7. The Balaban J connectivity index is 1.99. The smallest absolute Gasteiger partial charge is 0.276 e. The third-order valence-corrected chi connectivity index (χ3v) is 4.43. The maximum absolute atomic E-state index is 13.7. The molecule has 120 valence electrons. The summed E-state index contributed by atoms with van der Waals surface area (Å²) in [5.41, 5.74) is 1.06. The van der Waals surface area contributed by atoms with Crippen molar-refractivity contribution in [3.63, 3.8) is 0 Å². The van der Waals surface area contributed by atoms with Crippen LogP contribution in [-0.2, 0) is 4.79 Å². The van der Waals surface area contributed by atoms with E-state index in [4.69, 9.17) is 0 Å². The summed E-state index contributed by atoms with van der Waals surface area (Å²) in [6.07, 6.45) is 1.25. The standard InChI is InChI=1S/C17H13FN4OS/c1-24-17-20-16(23)14-12-7-2-3-8-13(12)19-15(22(14)21-17)10-5-4-6-11(18)9-10/h2-9,15H,1H3,(H,20,21,23)/t15-/m1/s1. The van der Waals surface area contributed by atoms with Gasteiger partial charge in [-0.3, -0.25) is 15.1 Å². The number of amidine groups is 1. The molecule has 1 amide bonds. The number of halogens is 1. The zero-order valence-electron chi connectivity index (χ0n) is 12.7. The number of thioether (sulfide) groups is 1. The van der Waals surface area contributed by atoms with E-state index in [-0.39, 0.29) is 11.7 Å². The van der Waals surface area contributed by atoms with Crippen LogP contribution in [0.5, 0.6) is 0 Å². The molecule has 24 heavy (non-hydrogen) atoms. The van der Waals surface area contributed by atoms with Crippen LogP contribution in [0.25, 0.3) is 5.70 Å². The highest BCUT2D eigenvalue weighted by atomic mass is 32.2. The Hall–Kier alpha value is -2.67. The molecule has 5 nitrogen and oxygen atoms in total. The summed E-state index contributed by atoms with van der Waals surface area (Å²) in [5.74, 6) is -0.586. The van der Waals surface area contributed by atoms with Crippen molar-refractivity contribution in [1.29, 1.82) is 0 Å². The van der Waals surface area contributed by atoms with Crippen molar-refractivity contribution in [2.45, 2.75) is 6.17 Å². The Kier molecular flexibility index (Phi) is 3.57. The second-order valence-corrected chi connectivity index (χ2v) is 6.13. The normalized spacial score (nSPS) is 19.0. The average molecular weight is 340 g/mol. The quantitative estimate of drug-likeness (QED) is 0.852. The zero-order valence-corrected chi connectivity index (χ0v) is 13.5. The Morgan fingerprint density at radius 3 is 2.83 bits per heavy atom. The van der Waals surface area contributed by atoms with E-state index in [1.165, 1.54) is 23.9 Å². The number of nitrogens with zero attached hydrogens (tertiary/aromatic N) is 3. The number of hydrogen-bond acceptors (Lipinski definition) is 5. The molecular formula is C17H13FN4OS. The lowest BCUT2D eigenvalue weighted by Crippen LogP contribution is -2.50. The SMILES string of the molecule is CSC1=NN2C(=c3ccccc3=N[C@H]2c2cccc(F)c2)C(=O)N1. The molecule has 0 aliphatic carbocycles. The van der Waals surface area contributed by atoms with Crippen molar-refractivity contribution in [3.05, 3.63) is 70.5 Å². The fourth-order valence-electron chi connectivity index (χ4n) is 2.80. The second-order valence-electron chi connectivity index (χ2n) is 5.33. The summed E-state index contributed by atoms with van der Waals surface area (Å²) in [5, 5.41) is 10.7. The molecule has 2 aliphatic rings. The molecule has 0 saturated carbocycles. The lowest BCUT2D eigenvalue weighted by Gasteiger charge is -2.33. The molecule has 0 bridgehead atoms. The van der Waals surface area contributed by atoms with Crippen LogP contribution in [0.2, 0.25) is 0 Å². The second kappa shape index (κ2) is 5.76. The number of rotatable bonds is 1. The van der Waals surface area contributed by atoms with Crippen LogP contribution in [0.1, 0.15) is 11.7 Å². The van der Waals surface area contributed by atoms with Crippen LogP contribution in [-0.4, -0.2) is 22.3 Å². The van der Waals surface area contributed by atoms with Crippen molar-refractivity contribution >= 4 is 28.5 Å². The van der Waals surface area contributed by atoms with Crippen molar-refractivity contribution < 1.29 is 9.18 Å². The summed E-state index contributed by atoms with van der Waals surface area (Å²) in [7, 11) is 0. The first kappa shape index (κ1) is 14.9. The number of hydrazone groups is 1. The van der Waals surface area contributed by atoms with Gasteiger partial charge in [-0.05, 0) is 24.5 Å². The molecule has 1 atom stereocenters. The first-order valence-corrected chi connectivity index (χ1v) is 8.55. The molecule has 0 aromatic heterocycles. The van der Waals surface area contributed by atoms with Gasteiger partial charge < -0.3 is 0 Å². The minimum Gasteiger partial charge on any atom is -0.298 e. The molecule has 0 spiro atoms. The number of para-hydroxylation sites is 1. The number of carbonyl (C=O) groups is 1. The molecule has 2 aromatic carbocycles. The summed E-state index contributed by atoms with van der Waals surface area (Å²) < 4.78 is 13.7. The molecule has 2 aliphatic heterocycles. The average Bonchev–Trinajstić information content (AvgIpc) is 2.60. The fourth-order valence-corrected chi connectivity index (χ4v) is 3.17. The van der Waals surface area contributed by atoms with Gasteiger partial charge in [-0.2, -0.15) is 0 Å². The van der Waals surface area contributed by atoms with Gasteiger partial charge in [0, 0.05) is 10.8 Å². The van der Waals surface area contributed by atoms with Crippen LogP contribution < -0.4 is 15.9 Å².